The average Bonchev–Trinajstić information content (AvgIpc) is 2.92. The van der Waals surface area contributed by atoms with E-state index in [1.54, 1.807) is 6.19 Å². The minimum Gasteiger partial charge on any atom is -0.429 e. The normalized spacial score (nSPS) is 8.08. The molecule has 187 valence electrons. The van der Waals surface area contributed by atoms with E-state index in [0.29, 0.717) is 12.5 Å². The first kappa shape index (κ1) is 45.4. The fourth-order valence-electron chi connectivity index (χ4n) is 2.23. The molecule has 0 aromatic heterocycles. The topological polar surface area (TPSA) is 60.2 Å². The molecule has 0 bridgehead atoms. The first-order valence-electron chi connectivity index (χ1n) is 11.4. The number of nitrogens with one attached hydrogen (secondary N) is 2. The molecule has 0 fully saturated rings. The van der Waals surface area contributed by atoms with Crippen LogP contribution in [0.4, 0.5) is 0 Å². The van der Waals surface area contributed by atoms with Gasteiger partial charge in [0.05, 0.1) is 5.96 Å². The van der Waals surface area contributed by atoms with Crippen LogP contribution in [-0.4, -0.2) is 5.96 Å². The predicted molar refractivity (Wildman–Crippen MR) is 144 cm³/mol. The summed E-state index contributed by atoms with van der Waals surface area (Å²) in [5.74, 6) is 0.358. The third-order valence-electron chi connectivity index (χ3n) is 3.61. The van der Waals surface area contributed by atoms with E-state index < -0.39 is 0 Å². The molecule has 4 nitrogen and oxygen atoms in total. The summed E-state index contributed by atoms with van der Waals surface area (Å²) in [6, 6.07) is 29.2. The minimum atomic E-state index is 0. The molecular formula is C29H39N4Y3-3. The Kier molecular flexibility index (Phi) is 43.5. The second-order valence-electron chi connectivity index (χ2n) is 5.56. The molecule has 3 radical (unpaired) electrons. The van der Waals surface area contributed by atoms with Crippen LogP contribution in [0.15, 0.2) is 83.9 Å². The number of aliphatic imine (C=N–C) groups is 1. The molecule has 0 heterocycles. The molecule has 3 rings (SSSR count). The van der Waals surface area contributed by atoms with E-state index in [1.165, 1.54) is 5.56 Å². The van der Waals surface area contributed by atoms with Crippen LogP contribution in [0.1, 0.15) is 52.7 Å². The number of hydrogen-bond acceptors (Lipinski definition) is 2. The van der Waals surface area contributed by atoms with Crippen molar-refractivity contribution >= 4 is 5.96 Å². The van der Waals surface area contributed by atoms with Crippen molar-refractivity contribution in [1.29, 1.82) is 5.26 Å². The van der Waals surface area contributed by atoms with Gasteiger partial charge in [-0.15, -0.1) is 48.0 Å². The summed E-state index contributed by atoms with van der Waals surface area (Å²) in [6.07, 6.45) is 1.77. The van der Waals surface area contributed by atoms with Crippen molar-refractivity contribution in [3.05, 3.63) is 110 Å². The van der Waals surface area contributed by atoms with E-state index in [-0.39, 0.29) is 98.1 Å². The molecule has 3 aromatic carbocycles. The largest absolute Gasteiger partial charge is 0.429 e. The molecule has 0 atom stereocenters. The molecule has 3 aromatic rings. The molecule has 0 aliphatic carbocycles. The Morgan fingerprint density at radius 2 is 1.36 bits per heavy atom. The van der Waals surface area contributed by atoms with Gasteiger partial charge in [-0.25, -0.2) is 0 Å². The SMILES string of the molecule is CC.CC.CC.[CH2-]N=C(NC#N)NCc1ccc([CH2-])cc1.[Y].[Y].[Y].[c-]1ccccc1-c1ccccc1. The van der Waals surface area contributed by atoms with Crippen molar-refractivity contribution in [2.24, 2.45) is 4.99 Å². The van der Waals surface area contributed by atoms with Gasteiger partial charge in [-0.3, -0.25) is 0 Å². The maximum absolute atomic E-state index is 8.38. The Balaban J connectivity index is -0.000000139. The van der Waals surface area contributed by atoms with Crippen molar-refractivity contribution in [2.75, 3.05) is 0 Å². The van der Waals surface area contributed by atoms with Gasteiger partial charge < -0.3 is 15.6 Å². The van der Waals surface area contributed by atoms with Gasteiger partial charge in [0.25, 0.3) is 0 Å². The Morgan fingerprint density at radius 3 is 1.81 bits per heavy atom. The number of nitrogens with zero attached hydrogens (tertiary/aromatic N) is 2. The van der Waals surface area contributed by atoms with Crippen molar-refractivity contribution < 1.29 is 98.1 Å². The Morgan fingerprint density at radius 1 is 0.833 bits per heavy atom. The van der Waals surface area contributed by atoms with E-state index in [4.69, 9.17) is 5.26 Å². The van der Waals surface area contributed by atoms with Crippen LogP contribution in [0.5, 0.6) is 0 Å². The molecule has 0 aliphatic heterocycles. The summed E-state index contributed by atoms with van der Waals surface area (Å²) in [7, 11) is 3.33. The summed E-state index contributed by atoms with van der Waals surface area (Å²) in [5.41, 5.74) is 4.43. The summed E-state index contributed by atoms with van der Waals surface area (Å²) in [5, 5.41) is 13.7. The number of nitriles is 1. The Labute approximate surface area is 296 Å². The first-order valence-corrected chi connectivity index (χ1v) is 11.4. The molecule has 36 heavy (non-hydrogen) atoms. The third kappa shape index (κ3) is 22.7. The quantitative estimate of drug-likeness (QED) is 0.0980. The van der Waals surface area contributed by atoms with Crippen LogP contribution in [0, 0.1) is 31.5 Å². The zero-order valence-electron chi connectivity index (χ0n) is 22.8. The maximum Gasteiger partial charge on any atom is 0.166 e. The van der Waals surface area contributed by atoms with Crippen LogP contribution >= 0.6 is 0 Å². The van der Waals surface area contributed by atoms with Gasteiger partial charge in [-0.1, -0.05) is 83.0 Å². The molecule has 0 aliphatic rings. The van der Waals surface area contributed by atoms with Gasteiger partial charge in [-0.05, 0) is 0 Å². The van der Waals surface area contributed by atoms with Crippen molar-refractivity contribution in [3.63, 3.8) is 0 Å². The summed E-state index contributed by atoms with van der Waals surface area (Å²) >= 11 is 0. The number of hydrogen-bond donors (Lipinski definition) is 2. The van der Waals surface area contributed by atoms with Crippen LogP contribution < -0.4 is 10.6 Å². The molecule has 0 saturated carbocycles. The second-order valence-corrected chi connectivity index (χ2v) is 5.56. The maximum atomic E-state index is 8.38. The van der Waals surface area contributed by atoms with E-state index in [9.17, 15) is 0 Å². The summed E-state index contributed by atoms with van der Waals surface area (Å²) in [6.45, 7) is 16.4. The van der Waals surface area contributed by atoms with E-state index in [1.807, 2.05) is 102 Å². The molecule has 0 saturated heterocycles. The minimum absolute atomic E-state index is 0. The number of guanidine groups is 1. The summed E-state index contributed by atoms with van der Waals surface area (Å²) in [4.78, 5) is 3.62. The van der Waals surface area contributed by atoms with E-state index in [2.05, 4.69) is 53.9 Å². The van der Waals surface area contributed by atoms with Gasteiger partial charge >= 0.3 is 0 Å². The third-order valence-corrected chi connectivity index (χ3v) is 3.61. The first-order chi connectivity index (χ1) is 16.2. The molecule has 0 spiro atoms. The van der Waals surface area contributed by atoms with Gasteiger partial charge in [-0.2, -0.15) is 36.9 Å². The zero-order chi connectivity index (χ0) is 25.3. The van der Waals surface area contributed by atoms with Crippen molar-refractivity contribution in [3.8, 4) is 17.3 Å². The number of rotatable bonds is 3. The smallest absolute Gasteiger partial charge is 0.166 e. The second kappa shape index (κ2) is 34.5. The predicted octanol–water partition coefficient (Wildman–Crippen LogP) is 7.40. The zero-order valence-corrected chi connectivity index (χ0v) is 31.3. The van der Waals surface area contributed by atoms with Gasteiger partial charge in [0.1, 0.15) is 0 Å². The van der Waals surface area contributed by atoms with Gasteiger partial charge in [0, 0.05) is 105 Å². The molecule has 0 unspecified atom stereocenters. The molecular weight excluding hydrogens is 671 g/mol. The number of benzene rings is 3. The average molecular weight is 710 g/mol. The standard InChI is InChI=1S/C12H9.C11H12N4.3C2H6.3Y/c1-3-7-11(8-4-1)12-9-5-2-6-10-12;1-9-3-5-10(6-4-9)7-14-11(13-2)15-8-12;3*1-2;;;/h1-9H;3-6H,1-2,7H2,(H2,13,14,15);3*1-2H3;;;/q-1;-2;;;;;;. The van der Waals surface area contributed by atoms with Crippen LogP contribution in [0.3, 0.4) is 0 Å². The van der Waals surface area contributed by atoms with Gasteiger partial charge in [0.2, 0.25) is 0 Å². The van der Waals surface area contributed by atoms with Crippen molar-refractivity contribution in [2.45, 2.75) is 48.1 Å². The van der Waals surface area contributed by atoms with E-state index >= 15 is 0 Å². The molecule has 2 N–H and O–H groups in total. The fraction of sp³-hybridized carbons (Fsp3) is 0.241. The molecule has 0 amide bonds. The van der Waals surface area contributed by atoms with Crippen LogP contribution in [0.2, 0.25) is 0 Å². The Hall–Kier alpha value is -0.528. The van der Waals surface area contributed by atoms with Crippen LogP contribution in [0.25, 0.3) is 11.1 Å². The van der Waals surface area contributed by atoms with E-state index in [0.717, 1.165) is 16.7 Å². The monoisotopic (exact) mass is 710 g/mol. The van der Waals surface area contributed by atoms with Gasteiger partial charge in [0.15, 0.2) is 6.19 Å². The summed E-state index contributed by atoms with van der Waals surface area (Å²) < 4.78 is 0. The van der Waals surface area contributed by atoms with Crippen LogP contribution in [-0.2, 0) is 105 Å². The molecule has 7 heteroatoms. The Bertz CT molecular complexity index is 842. The van der Waals surface area contributed by atoms with Crippen molar-refractivity contribution in [1.82, 2.24) is 10.6 Å². The fourth-order valence-corrected chi connectivity index (χ4v) is 2.23.